The van der Waals surface area contributed by atoms with Crippen LogP contribution in [0.25, 0.3) is 0 Å². The highest BCUT2D eigenvalue weighted by atomic mass is 16.2. The first kappa shape index (κ1) is 18.7. The highest BCUT2D eigenvalue weighted by Gasteiger charge is 2.14. The van der Waals surface area contributed by atoms with Crippen LogP contribution in [-0.2, 0) is 4.79 Å². The number of rotatable bonds is 10. The summed E-state index contributed by atoms with van der Waals surface area (Å²) in [4.78, 5) is 26.0. The zero-order chi connectivity index (χ0) is 17.1. The van der Waals surface area contributed by atoms with Gasteiger partial charge in [0.2, 0.25) is 5.91 Å². The lowest BCUT2D eigenvalue weighted by molar-refractivity contribution is -0.119. The number of carbonyl (C=O) groups excluding carboxylic acids is 2. The number of amides is 2. The summed E-state index contributed by atoms with van der Waals surface area (Å²) < 4.78 is 0. The molecular weight excluding hydrogens is 290 g/mol. The Morgan fingerprint density at radius 3 is 2.52 bits per heavy atom. The third-order valence-electron chi connectivity index (χ3n) is 3.28. The van der Waals surface area contributed by atoms with E-state index < -0.39 is 0 Å². The molecule has 0 aliphatic heterocycles. The Labute approximate surface area is 138 Å². The van der Waals surface area contributed by atoms with Gasteiger partial charge in [0.25, 0.3) is 5.91 Å². The van der Waals surface area contributed by atoms with Gasteiger partial charge in [-0.2, -0.15) is 0 Å². The molecule has 1 rings (SSSR count). The largest absolute Gasteiger partial charge is 0.376 e. The molecule has 0 saturated heterocycles. The van der Waals surface area contributed by atoms with Crippen molar-refractivity contribution in [2.45, 2.75) is 26.7 Å². The summed E-state index contributed by atoms with van der Waals surface area (Å²) in [6.07, 6.45) is 3.51. The average Bonchev–Trinajstić information content (AvgIpc) is 2.57. The van der Waals surface area contributed by atoms with Gasteiger partial charge in [0.15, 0.2) is 0 Å². The van der Waals surface area contributed by atoms with Crippen molar-refractivity contribution >= 4 is 17.5 Å². The van der Waals surface area contributed by atoms with E-state index in [2.05, 4.69) is 31.1 Å². The lowest BCUT2D eigenvalue weighted by Gasteiger charge is -2.21. The molecular formula is C18H27N3O2. The molecule has 1 aromatic rings. The maximum absolute atomic E-state index is 12.6. The van der Waals surface area contributed by atoms with Gasteiger partial charge in [0, 0.05) is 30.9 Å². The molecule has 0 aromatic heterocycles. The van der Waals surface area contributed by atoms with Gasteiger partial charge in [0.05, 0.1) is 6.54 Å². The Morgan fingerprint density at radius 2 is 1.91 bits per heavy atom. The fourth-order valence-corrected chi connectivity index (χ4v) is 2.23. The molecule has 5 heteroatoms. The van der Waals surface area contributed by atoms with Crippen molar-refractivity contribution in [2.24, 2.45) is 0 Å². The summed E-state index contributed by atoms with van der Waals surface area (Å²) in [6, 6.07) is 7.28. The van der Waals surface area contributed by atoms with E-state index in [1.54, 1.807) is 12.1 Å². The number of hydrogen-bond donors (Lipinski definition) is 2. The van der Waals surface area contributed by atoms with Crippen molar-refractivity contribution in [1.82, 2.24) is 10.2 Å². The number of anilines is 1. The molecule has 2 amide bonds. The second kappa shape index (κ2) is 10.4. The Morgan fingerprint density at radius 1 is 1.22 bits per heavy atom. The SMILES string of the molecule is C=CCNC(=O)CNc1cccc(C(=O)N(CCC)CCC)c1. The Kier molecular flexibility index (Phi) is 8.50. The summed E-state index contributed by atoms with van der Waals surface area (Å²) in [5.74, 6) is -0.0753. The highest BCUT2D eigenvalue weighted by Crippen LogP contribution is 2.13. The summed E-state index contributed by atoms with van der Waals surface area (Å²) in [6.45, 7) is 9.81. The third kappa shape index (κ3) is 6.55. The first-order valence-electron chi connectivity index (χ1n) is 8.13. The Hall–Kier alpha value is -2.30. The van der Waals surface area contributed by atoms with E-state index in [9.17, 15) is 9.59 Å². The standard InChI is InChI=1S/C18H27N3O2/c1-4-10-19-17(22)14-20-16-9-7-8-15(13-16)18(23)21(11-5-2)12-6-3/h4,7-9,13,20H,1,5-6,10-12,14H2,2-3H3,(H,19,22). The molecule has 0 aliphatic carbocycles. The summed E-state index contributed by atoms with van der Waals surface area (Å²) >= 11 is 0. The van der Waals surface area contributed by atoms with Crippen LogP contribution in [0.1, 0.15) is 37.0 Å². The third-order valence-corrected chi connectivity index (χ3v) is 3.28. The van der Waals surface area contributed by atoms with Crippen LogP contribution in [0.15, 0.2) is 36.9 Å². The fourth-order valence-electron chi connectivity index (χ4n) is 2.23. The van der Waals surface area contributed by atoms with E-state index in [4.69, 9.17) is 0 Å². The number of carbonyl (C=O) groups is 2. The molecule has 0 spiro atoms. The molecule has 0 radical (unpaired) electrons. The predicted octanol–water partition coefficient (Wildman–Crippen LogP) is 2.66. The monoisotopic (exact) mass is 317 g/mol. The molecule has 5 nitrogen and oxygen atoms in total. The van der Waals surface area contributed by atoms with Crippen molar-refractivity contribution in [3.8, 4) is 0 Å². The van der Waals surface area contributed by atoms with Gasteiger partial charge in [-0.1, -0.05) is 26.0 Å². The molecule has 0 heterocycles. The van der Waals surface area contributed by atoms with Crippen molar-refractivity contribution in [3.63, 3.8) is 0 Å². The fraction of sp³-hybridized carbons (Fsp3) is 0.444. The van der Waals surface area contributed by atoms with E-state index in [-0.39, 0.29) is 18.4 Å². The van der Waals surface area contributed by atoms with Gasteiger partial charge in [-0.3, -0.25) is 9.59 Å². The van der Waals surface area contributed by atoms with Crippen LogP contribution < -0.4 is 10.6 Å². The molecule has 23 heavy (non-hydrogen) atoms. The van der Waals surface area contributed by atoms with E-state index >= 15 is 0 Å². The Bertz CT molecular complexity index is 523. The maximum atomic E-state index is 12.6. The number of nitrogens with one attached hydrogen (secondary N) is 2. The quantitative estimate of drug-likeness (QED) is 0.652. The van der Waals surface area contributed by atoms with E-state index in [0.717, 1.165) is 31.6 Å². The summed E-state index contributed by atoms with van der Waals surface area (Å²) in [5.41, 5.74) is 1.40. The van der Waals surface area contributed by atoms with Gasteiger partial charge in [-0.25, -0.2) is 0 Å². The smallest absolute Gasteiger partial charge is 0.253 e. The molecule has 0 saturated carbocycles. The molecule has 0 aliphatic rings. The predicted molar refractivity (Wildman–Crippen MR) is 94.6 cm³/mol. The maximum Gasteiger partial charge on any atom is 0.253 e. The minimum Gasteiger partial charge on any atom is -0.376 e. The van der Waals surface area contributed by atoms with Crippen molar-refractivity contribution in [3.05, 3.63) is 42.5 Å². The minimum absolute atomic E-state index is 0.0356. The van der Waals surface area contributed by atoms with E-state index in [1.165, 1.54) is 0 Å². The molecule has 126 valence electrons. The van der Waals surface area contributed by atoms with Crippen LogP contribution in [-0.4, -0.2) is 42.9 Å². The molecule has 2 N–H and O–H groups in total. The average molecular weight is 317 g/mol. The first-order chi connectivity index (χ1) is 11.1. The Balaban J connectivity index is 2.69. The van der Waals surface area contributed by atoms with Crippen LogP contribution in [0.2, 0.25) is 0 Å². The van der Waals surface area contributed by atoms with E-state index in [1.807, 2.05) is 23.1 Å². The van der Waals surface area contributed by atoms with Gasteiger partial charge in [-0.05, 0) is 31.0 Å². The van der Waals surface area contributed by atoms with Crippen LogP contribution in [0, 0.1) is 0 Å². The number of benzene rings is 1. The second-order valence-corrected chi connectivity index (χ2v) is 5.32. The molecule has 1 aromatic carbocycles. The lowest BCUT2D eigenvalue weighted by atomic mass is 10.1. The first-order valence-corrected chi connectivity index (χ1v) is 8.13. The lowest BCUT2D eigenvalue weighted by Crippen LogP contribution is -2.32. The van der Waals surface area contributed by atoms with Gasteiger partial charge >= 0.3 is 0 Å². The van der Waals surface area contributed by atoms with Crippen molar-refractivity contribution < 1.29 is 9.59 Å². The molecule has 0 atom stereocenters. The molecule has 0 bridgehead atoms. The van der Waals surface area contributed by atoms with Gasteiger partial charge < -0.3 is 15.5 Å². The van der Waals surface area contributed by atoms with Crippen LogP contribution in [0.4, 0.5) is 5.69 Å². The molecule has 0 fully saturated rings. The molecule has 0 unspecified atom stereocenters. The van der Waals surface area contributed by atoms with E-state index in [0.29, 0.717) is 12.1 Å². The number of hydrogen-bond acceptors (Lipinski definition) is 3. The topological polar surface area (TPSA) is 61.4 Å². The summed E-state index contributed by atoms with van der Waals surface area (Å²) in [7, 11) is 0. The number of nitrogens with zero attached hydrogens (tertiary/aromatic N) is 1. The van der Waals surface area contributed by atoms with Crippen molar-refractivity contribution in [2.75, 3.05) is 31.5 Å². The zero-order valence-corrected chi connectivity index (χ0v) is 14.1. The summed E-state index contributed by atoms with van der Waals surface area (Å²) in [5, 5.41) is 5.73. The van der Waals surface area contributed by atoms with Crippen LogP contribution in [0.3, 0.4) is 0 Å². The normalized spacial score (nSPS) is 10.0. The second-order valence-electron chi connectivity index (χ2n) is 5.32. The van der Waals surface area contributed by atoms with Crippen molar-refractivity contribution in [1.29, 1.82) is 0 Å². The van der Waals surface area contributed by atoms with Gasteiger partial charge in [0.1, 0.15) is 0 Å². The highest BCUT2D eigenvalue weighted by molar-refractivity contribution is 5.95. The van der Waals surface area contributed by atoms with Crippen LogP contribution in [0.5, 0.6) is 0 Å². The minimum atomic E-state index is -0.111. The zero-order valence-electron chi connectivity index (χ0n) is 14.1. The van der Waals surface area contributed by atoms with Crippen LogP contribution >= 0.6 is 0 Å². The van der Waals surface area contributed by atoms with Gasteiger partial charge in [-0.15, -0.1) is 6.58 Å².